The van der Waals surface area contributed by atoms with Crippen LogP contribution in [0.5, 0.6) is 0 Å². The SMILES string of the molecule is COCc1cccc(CNC(=O)c2ccccc2NC(=O)NC(C)C)c1. The molecule has 0 atom stereocenters. The van der Waals surface area contributed by atoms with Crippen LogP contribution in [0.15, 0.2) is 48.5 Å². The van der Waals surface area contributed by atoms with E-state index in [9.17, 15) is 9.59 Å². The number of methoxy groups -OCH3 is 1. The maximum absolute atomic E-state index is 12.5. The van der Waals surface area contributed by atoms with Gasteiger partial charge in [0.05, 0.1) is 17.9 Å². The Balaban J connectivity index is 2.03. The molecule has 3 amide bonds. The van der Waals surface area contributed by atoms with Crippen LogP contribution < -0.4 is 16.0 Å². The zero-order chi connectivity index (χ0) is 18.9. The Bertz CT molecular complexity index is 759. The lowest BCUT2D eigenvalue weighted by Gasteiger charge is -2.14. The molecular weight excluding hydrogens is 330 g/mol. The summed E-state index contributed by atoms with van der Waals surface area (Å²) in [4.78, 5) is 24.5. The first-order valence-corrected chi connectivity index (χ1v) is 8.51. The quantitative estimate of drug-likeness (QED) is 0.713. The van der Waals surface area contributed by atoms with E-state index in [1.54, 1.807) is 31.4 Å². The molecular formula is C20H25N3O3. The van der Waals surface area contributed by atoms with E-state index in [1.807, 2.05) is 38.1 Å². The number of carbonyl (C=O) groups excluding carboxylic acids is 2. The normalized spacial score (nSPS) is 10.5. The van der Waals surface area contributed by atoms with Crippen molar-refractivity contribution < 1.29 is 14.3 Å². The van der Waals surface area contributed by atoms with Crippen LogP contribution in [0, 0.1) is 0 Å². The van der Waals surface area contributed by atoms with Crippen molar-refractivity contribution in [2.24, 2.45) is 0 Å². The van der Waals surface area contributed by atoms with Gasteiger partial charge in [0.1, 0.15) is 0 Å². The van der Waals surface area contributed by atoms with Crippen molar-refractivity contribution in [1.29, 1.82) is 0 Å². The predicted octanol–water partition coefficient (Wildman–Crippen LogP) is 3.29. The number of benzene rings is 2. The molecule has 0 heterocycles. The van der Waals surface area contributed by atoms with Crippen LogP contribution in [0.4, 0.5) is 10.5 Å². The van der Waals surface area contributed by atoms with Crippen molar-refractivity contribution >= 4 is 17.6 Å². The maximum Gasteiger partial charge on any atom is 0.319 e. The van der Waals surface area contributed by atoms with Crippen LogP contribution in [0.1, 0.15) is 35.3 Å². The molecule has 3 N–H and O–H groups in total. The molecule has 2 rings (SSSR count). The molecule has 0 saturated heterocycles. The summed E-state index contributed by atoms with van der Waals surface area (Å²) in [6, 6.07) is 14.4. The lowest BCUT2D eigenvalue weighted by Crippen LogP contribution is -2.35. The molecule has 6 heteroatoms. The summed E-state index contributed by atoms with van der Waals surface area (Å²) in [5, 5.41) is 8.35. The topological polar surface area (TPSA) is 79.5 Å². The van der Waals surface area contributed by atoms with Crippen LogP contribution in [0.2, 0.25) is 0 Å². The van der Waals surface area contributed by atoms with E-state index >= 15 is 0 Å². The Morgan fingerprint density at radius 1 is 1.04 bits per heavy atom. The third kappa shape index (κ3) is 5.89. The van der Waals surface area contributed by atoms with Gasteiger partial charge < -0.3 is 20.7 Å². The van der Waals surface area contributed by atoms with E-state index in [2.05, 4.69) is 16.0 Å². The largest absolute Gasteiger partial charge is 0.380 e. The van der Waals surface area contributed by atoms with Gasteiger partial charge in [0.2, 0.25) is 0 Å². The van der Waals surface area contributed by atoms with Crippen molar-refractivity contribution in [1.82, 2.24) is 10.6 Å². The standard InChI is InChI=1S/C20H25N3O3/c1-14(2)22-20(25)23-18-10-5-4-9-17(18)19(24)21-12-15-7-6-8-16(11-15)13-26-3/h4-11,14H,12-13H2,1-3H3,(H,21,24)(H2,22,23,25). The molecule has 0 saturated carbocycles. The molecule has 0 aliphatic rings. The Labute approximate surface area is 153 Å². The van der Waals surface area contributed by atoms with Gasteiger partial charge >= 0.3 is 6.03 Å². The molecule has 0 aromatic heterocycles. The van der Waals surface area contributed by atoms with Gasteiger partial charge in [-0.25, -0.2) is 4.79 Å². The minimum Gasteiger partial charge on any atom is -0.380 e. The van der Waals surface area contributed by atoms with Gasteiger partial charge in [-0.15, -0.1) is 0 Å². The molecule has 0 aliphatic carbocycles. The van der Waals surface area contributed by atoms with Gasteiger partial charge in [-0.2, -0.15) is 0 Å². The van der Waals surface area contributed by atoms with E-state index in [0.29, 0.717) is 24.4 Å². The lowest BCUT2D eigenvalue weighted by molar-refractivity contribution is 0.0951. The molecule has 2 aromatic rings. The highest BCUT2D eigenvalue weighted by atomic mass is 16.5. The monoisotopic (exact) mass is 355 g/mol. The fourth-order valence-corrected chi connectivity index (χ4v) is 2.48. The highest BCUT2D eigenvalue weighted by Crippen LogP contribution is 2.15. The molecule has 2 aromatic carbocycles. The minimum atomic E-state index is -0.340. The number of anilines is 1. The van der Waals surface area contributed by atoms with E-state index in [-0.39, 0.29) is 18.0 Å². The Hall–Kier alpha value is -2.86. The minimum absolute atomic E-state index is 0.00960. The van der Waals surface area contributed by atoms with E-state index < -0.39 is 0 Å². The van der Waals surface area contributed by atoms with Gasteiger partial charge in [0.25, 0.3) is 5.91 Å². The summed E-state index contributed by atoms with van der Waals surface area (Å²) in [7, 11) is 1.65. The van der Waals surface area contributed by atoms with Crippen LogP contribution >= 0.6 is 0 Å². The molecule has 0 spiro atoms. The number of nitrogens with one attached hydrogen (secondary N) is 3. The molecule has 26 heavy (non-hydrogen) atoms. The van der Waals surface area contributed by atoms with Crippen LogP contribution in [-0.4, -0.2) is 25.1 Å². The van der Waals surface area contributed by atoms with Gasteiger partial charge in [0.15, 0.2) is 0 Å². The Kier molecular flexibility index (Phi) is 7.17. The molecule has 138 valence electrons. The summed E-state index contributed by atoms with van der Waals surface area (Å²) < 4.78 is 5.12. The fourth-order valence-electron chi connectivity index (χ4n) is 2.48. The smallest absolute Gasteiger partial charge is 0.319 e. The third-order valence-corrected chi connectivity index (χ3v) is 3.60. The average molecular weight is 355 g/mol. The number of hydrogen-bond acceptors (Lipinski definition) is 3. The first-order valence-electron chi connectivity index (χ1n) is 8.51. The molecule has 0 fully saturated rings. The molecule has 0 unspecified atom stereocenters. The number of carbonyl (C=O) groups is 2. The summed E-state index contributed by atoms with van der Waals surface area (Å²) in [6.07, 6.45) is 0. The van der Waals surface area contributed by atoms with Crippen LogP contribution in [0.25, 0.3) is 0 Å². The van der Waals surface area contributed by atoms with Gasteiger partial charge in [-0.1, -0.05) is 36.4 Å². The summed E-state index contributed by atoms with van der Waals surface area (Å²) in [5.74, 6) is -0.248. The Morgan fingerprint density at radius 2 is 1.77 bits per heavy atom. The van der Waals surface area contributed by atoms with E-state index in [0.717, 1.165) is 11.1 Å². The van der Waals surface area contributed by atoms with Gasteiger partial charge in [-0.05, 0) is 37.1 Å². The van der Waals surface area contributed by atoms with Gasteiger partial charge in [0, 0.05) is 19.7 Å². The number of urea groups is 1. The maximum atomic E-state index is 12.5. The second-order valence-electron chi connectivity index (χ2n) is 6.23. The second kappa shape index (κ2) is 9.58. The molecule has 0 radical (unpaired) electrons. The number of para-hydroxylation sites is 1. The number of amides is 3. The second-order valence-corrected chi connectivity index (χ2v) is 6.23. The van der Waals surface area contributed by atoms with Crippen molar-refractivity contribution in [3.05, 3.63) is 65.2 Å². The Morgan fingerprint density at radius 3 is 2.50 bits per heavy atom. The number of hydrogen-bond donors (Lipinski definition) is 3. The first-order chi connectivity index (χ1) is 12.5. The molecule has 6 nitrogen and oxygen atoms in total. The van der Waals surface area contributed by atoms with Crippen LogP contribution in [0.3, 0.4) is 0 Å². The number of rotatable bonds is 7. The zero-order valence-corrected chi connectivity index (χ0v) is 15.3. The van der Waals surface area contributed by atoms with Crippen molar-refractivity contribution in [2.45, 2.75) is 33.0 Å². The van der Waals surface area contributed by atoms with E-state index in [1.165, 1.54) is 0 Å². The first kappa shape index (κ1) is 19.5. The van der Waals surface area contributed by atoms with Crippen molar-refractivity contribution in [3.8, 4) is 0 Å². The summed E-state index contributed by atoms with van der Waals surface area (Å²) in [5.41, 5.74) is 2.92. The highest BCUT2D eigenvalue weighted by Gasteiger charge is 2.13. The molecule has 0 bridgehead atoms. The van der Waals surface area contributed by atoms with Crippen molar-refractivity contribution in [3.63, 3.8) is 0 Å². The van der Waals surface area contributed by atoms with Crippen LogP contribution in [-0.2, 0) is 17.9 Å². The van der Waals surface area contributed by atoms with E-state index in [4.69, 9.17) is 4.74 Å². The fraction of sp³-hybridized carbons (Fsp3) is 0.300. The average Bonchev–Trinajstić information content (AvgIpc) is 2.60. The predicted molar refractivity (Wildman–Crippen MR) is 102 cm³/mol. The van der Waals surface area contributed by atoms with Gasteiger partial charge in [-0.3, -0.25) is 4.79 Å². The molecule has 0 aliphatic heterocycles. The summed E-state index contributed by atoms with van der Waals surface area (Å²) >= 11 is 0. The highest BCUT2D eigenvalue weighted by molar-refractivity contribution is 6.03. The lowest BCUT2D eigenvalue weighted by atomic mass is 10.1. The number of ether oxygens (including phenoxy) is 1. The summed E-state index contributed by atoms with van der Waals surface area (Å²) in [6.45, 7) is 4.66. The third-order valence-electron chi connectivity index (χ3n) is 3.60. The zero-order valence-electron chi connectivity index (χ0n) is 15.3. The van der Waals surface area contributed by atoms with Crippen molar-refractivity contribution in [2.75, 3.05) is 12.4 Å².